The van der Waals surface area contributed by atoms with Crippen LogP contribution in [0.15, 0.2) is 12.1 Å². The van der Waals surface area contributed by atoms with Crippen molar-refractivity contribution in [1.82, 2.24) is 20.8 Å². The highest BCUT2D eigenvalue weighted by atomic mass is 32.1. The molecule has 2 aliphatic carbocycles. The molecule has 2 fully saturated rings. The summed E-state index contributed by atoms with van der Waals surface area (Å²) in [6.07, 6.45) is 9.11. The fourth-order valence-electron chi connectivity index (χ4n) is 4.55. The maximum atomic E-state index is 12.3. The zero-order valence-corrected chi connectivity index (χ0v) is 20.0. The maximum Gasteiger partial charge on any atom is 0.240 e. The lowest BCUT2D eigenvalue weighted by molar-refractivity contribution is -0.118. The summed E-state index contributed by atoms with van der Waals surface area (Å²) in [4.78, 5) is 34.0. The number of aromatic nitrogens is 2. The van der Waals surface area contributed by atoms with E-state index in [1.54, 1.807) is 23.9 Å². The van der Waals surface area contributed by atoms with Gasteiger partial charge in [0.25, 0.3) is 0 Å². The van der Waals surface area contributed by atoms with Gasteiger partial charge in [0, 0.05) is 25.9 Å². The Morgan fingerprint density at radius 2 is 1.19 bits per heavy atom. The average molecular weight is 473 g/mol. The third kappa shape index (κ3) is 4.36. The Labute approximate surface area is 194 Å². The Morgan fingerprint density at radius 3 is 1.56 bits per heavy atom. The number of hydrogen-bond acceptors (Lipinski definition) is 8. The van der Waals surface area contributed by atoms with Crippen molar-refractivity contribution in [3.8, 4) is 0 Å². The molecule has 2 N–H and O–H groups in total. The molecule has 0 aliphatic heterocycles. The Hall–Kier alpha value is -2.14. The van der Waals surface area contributed by atoms with E-state index in [1.165, 1.54) is 48.4 Å². The van der Waals surface area contributed by atoms with Gasteiger partial charge < -0.3 is 0 Å². The molecule has 2 heterocycles. The van der Waals surface area contributed by atoms with E-state index in [0.717, 1.165) is 46.1 Å². The first-order chi connectivity index (χ1) is 15.5. The minimum atomic E-state index is -0.0618. The van der Waals surface area contributed by atoms with E-state index in [9.17, 15) is 9.59 Å². The number of hydrazine groups is 2. The summed E-state index contributed by atoms with van der Waals surface area (Å²) >= 11 is 2.99. The van der Waals surface area contributed by atoms with E-state index in [0.29, 0.717) is 22.3 Å². The highest BCUT2D eigenvalue weighted by molar-refractivity contribution is 7.24. The van der Waals surface area contributed by atoms with Crippen molar-refractivity contribution in [1.29, 1.82) is 0 Å². The van der Waals surface area contributed by atoms with Crippen molar-refractivity contribution in [2.75, 3.05) is 10.0 Å². The number of nitrogens with one attached hydrogen (secondary N) is 2. The van der Waals surface area contributed by atoms with Crippen LogP contribution in [0.2, 0.25) is 0 Å². The fourth-order valence-corrected chi connectivity index (χ4v) is 6.63. The van der Waals surface area contributed by atoms with Gasteiger partial charge in [0.15, 0.2) is 0 Å². The number of rotatable bonds is 6. The smallest absolute Gasteiger partial charge is 0.240 e. The van der Waals surface area contributed by atoms with Crippen molar-refractivity contribution < 1.29 is 9.59 Å². The van der Waals surface area contributed by atoms with Crippen LogP contribution in [0.5, 0.6) is 0 Å². The zero-order valence-electron chi connectivity index (χ0n) is 18.4. The second kappa shape index (κ2) is 9.01. The lowest BCUT2D eigenvalue weighted by Gasteiger charge is -2.23. The van der Waals surface area contributed by atoms with Crippen molar-refractivity contribution in [2.45, 2.75) is 77.3 Å². The first-order valence-electron chi connectivity index (χ1n) is 11.3. The summed E-state index contributed by atoms with van der Waals surface area (Å²) in [5, 5.41) is 4.50. The Balaban J connectivity index is 1.43. The molecule has 8 nitrogen and oxygen atoms in total. The number of benzene rings is 1. The van der Waals surface area contributed by atoms with Gasteiger partial charge in [-0.25, -0.2) is 30.8 Å². The molecule has 2 saturated carbocycles. The van der Waals surface area contributed by atoms with Gasteiger partial charge in [-0.1, -0.05) is 48.4 Å². The third-order valence-corrected chi connectivity index (χ3v) is 8.23. The lowest BCUT2D eigenvalue weighted by Crippen LogP contribution is -2.46. The standard InChI is InChI=1S/C22H28N6O2S2/c1-13(29)27(25-15-7-3-4-8-15)21-23-17-11-18-20(12-19(17)31-21)32-22(24-18)28(14(2)30)26-16-9-5-6-10-16/h11-12,15-16,25-26H,3-10H2,1-2H3. The van der Waals surface area contributed by atoms with Gasteiger partial charge in [-0.15, -0.1) is 0 Å². The average Bonchev–Trinajstić information content (AvgIpc) is 3.54. The summed E-state index contributed by atoms with van der Waals surface area (Å²) in [6, 6.07) is 4.66. The van der Waals surface area contributed by atoms with Crippen molar-refractivity contribution in [3.63, 3.8) is 0 Å². The Bertz CT molecular complexity index is 1010. The quantitative estimate of drug-likeness (QED) is 0.513. The Kier molecular flexibility index (Phi) is 6.11. The second-order valence-electron chi connectivity index (χ2n) is 8.71. The van der Waals surface area contributed by atoms with Crippen LogP contribution in [0, 0.1) is 0 Å². The minimum absolute atomic E-state index is 0.0618. The number of carbonyl (C=O) groups excluding carboxylic acids is 2. The molecule has 0 saturated heterocycles. The summed E-state index contributed by atoms with van der Waals surface area (Å²) in [5.74, 6) is -0.124. The van der Waals surface area contributed by atoms with E-state index in [1.807, 2.05) is 6.07 Å². The molecule has 2 aromatic heterocycles. The maximum absolute atomic E-state index is 12.3. The second-order valence-corrected chi connectivity index (χ2v) is 10.7. The molecule has 1 aromatic carbocycles. The van der Waals surface area contributed by atoms with E-state index in [-0.39, 0.29) is 11.8 Å². The minimum Gasteiger partial charge on any atom is -0.273 e. The van der Waals surface area contributed by atoms with Gasteiger partial charge in [0.2, 0.25) is 22.1 Å². The molecule has 2 aliphatic rings. The first-order valence-corrected chi connectivity index (χ1v) is 13.0. The van der Waals surface area contributed by atoms with Crippen LogP contribution >= 0.6 is 22.7 Å². The largest absolute Gasteiger partial charge is 0.273 e. The van der Waals surface area contributed by atoms with E-state index in [4.69, 9.17) is 9.97 Å². The molecule has 10 heteroatoms. The molecule has 3 aromatic rings. The molecule has 170 valence electrons. The van der Waals surface area contributed by atoms with E-state index >= 15 is 0 Å². The molecule has 32 heavy (non-hydrogen) atoms. The van der Waals surface area contributed by atoms with Crippen molar-refractivity contribution in [3.05, 3.63) is 12.1 Å². The van der Waals surface area contributed by atoms with Crippen LogP contribution in [0.25, 0.3) is 20.4 Å². The molecule has 0 bridgehead atoms. The molecule has 2 amide bonds. The van der Waals surface area contributed by atoms with Crippen LogP contribution in [-0.2, 0) is 9.59 Å². The van der Waals surface area contributed by atoms with E-state index in [2.05, 4.69) is 16.9 Å². The first kappa shape index (κ1) is 21.7. The van der Waals surface area contributed by atoms with Gasteiger partial charge in [0.05, 0.1) is 20.4 Å². The van der Waals surface area contributed by atoms with E-state index < -0.39 is 0 Å². The van der Waals surface area contributed by atoms with Crippen LogP contribution in [-0.4, -0.2) is 33.9 Å². The van der Waals surface area contributed by atoms with Gasteiger partial charge in [-0.05, 0) is 37.8 Å². The number of fused-ring (bicyclic) bond motifs is 2. The number of nitrogens with zero attached hydrogens (tertiary/aromatic N) is 4. The normalized spacial score (nSPS) is 17.6. The SMILES string of the molecule is CC(=O)N(NC1CCCC1)c1nc2cc3nc(N(NC4CCCC4)C(C)=O)sc3cc2s1. The van der Waals surface area contributed by atoms with Crippen molar-refractivity contribution >= 4 is 65.2 Å². The predicted octanol–water partition coefficient (Wildman–Crippen LogP) is 4.51. The number of thiazole rings is 2. The van der Waals surface area contributed by atoms with Gasteiger partial charge in [-0.2, -0.15) is 0 Å². The molecule has 0 unspecified atom stereocenters. The number of hydrogen-bond donors (Lipinski definition) is 2. The number of anilines is 2. The predicted molar refractivity (Wildman–Crippen MR) is 130 cm³/mol. The van der Waals surface area contributed by atoms with Crippen LogP contribution in [0.1, 0.15) is 65.2 Å². The number of amides is 2. The summed E-state index contributed by atoms with van der Waals surface area (Å²) < 4.78 is 2.00. The zero-order chi connectivity index (χ0) is 22.2. The molecule has 5 rings (SSSR count). The third-order valence-electron chi connectivity index (χ3n) is 6.22. The van der Waals surface area contributed by atoms with Gasteiger partial charge in [0.1, 0.15) is 0 Å². The van der Waals surface area contributed by atoms with Gasteiger partial charge >= 0.3 is 0 Å². The van der Waals surface area contributed by atoms with Crippen molar-refractivity contribution in [2.24, 2.45) is 0 Å². The number of carbonyl (C=O) groups is 2. The fraction of sp³-hybridized carbons (Fsp3) is 0.545. The molecule has 0 spiro atoms. The summed E-state index contributed by atoms with van der Waals surface area (Å²) in [5.41, 5.74) is 8.35. The Morgan fingerprint density at radius 1 is 0.781 bits per heavy atom. The highest BCUT2D eigenvalue weighted by Crippen LogP contribution is 2.36. The molecular formula is C22H28N6O2S2. The highest BCUT2D eigenvalue weighted by Gasteiger charge is 2.25. The molecular weight excluding hydrogens is 444 g/mol. The topological polar surface area (TPSA) is 90.5 Å². The lowest BCUT2D eigenvalue weighted by atomic mass is 10.3. The summed E-state index contributed by atoms with van der Waals surface area (Å²) in [6.45, 7) is 3.13. The van der Waals surface area contributed by atoms with Crippen LogP contribution in [0.4, 0.5) is 10.3 Å². The van der Waals surface area contributed by atoms with Gasteiger partial charge in [-0.3, -0.25) is 9.59 Å². The summed E-state index contributed by atoms with van der Waals surface area (Å²) in [7, 11) is 0. The molecule has 0 radical (unpaired) electrons. The monoisotopic (exact) mass is 472 g/mol. The van der Waals surface area contributed by atoms with Crippen LogP contribution in [0.3, 0.4) is 0 Å². The van der Waals surface area contributed by atoms with Crippen LogP contribution < -0.4 is 20.9 Å². The molecule has 0 atom stereocenters.